The second kappa shape index (κ2) is 4.85. The molecule has 0 aromatic carbocycles. The van der Waals surface area contributed by atoms with Crippen LogP contribution in [0.15, 0.2) is 32.5 Å². The fourth-order valence-corrected chi connectivity index (χ4v) is 3.41. The summed E-state index contributed by atoms with van der Waals surface area (Å²) < 4.78 is 6.85. The Bertz CT molecular complexity index is 447. The smallest absolute Gasteiger partial charge is 0.123 e. The maximum absolute atomic E-state index is 5.70. The van der Waals surface area contributed by atoms with Crippen LogP contribution in [0.1, 0.15) is 28.1 Å². The molecule has 0 N–H and O–H groups in total. The number of alkyl halides is 1. The van der Waals surface area contributed by atoms with Crippen molar-refractivity contribution in [2.75, 3.05) is 0 Å². The zero-order valence-corrected chi connectivity index (χ0v) is 12.2. The molecule has 0 aliphatic carbocycles. The van der Waals surface area contributed by atoms with E-state index in [0.717, 1.165) is 21.7 Å². The van der Waals surface area contributed by atoms with Crippen LogP contribution in [-0.2, 0) is 6.42 Å². The average molecular weight is 350 g/mol. The molecule has 2 rings (SSSR count). The van der Waals surface area contributed by atoms with E-state index < -0.39 is 0 Å². The second-order valence-electron chi connectivity index (χ2n) is 3.16. The van der Waals surface area contributed by atoms with Crippen LogP contribution in [0.4, 0.5) is 0 Å². The van der Waals surface area contributed by atoms with Crippen LogP contribution in [0.3, 0.4) is 0 Å². The lowest BCUT2D eigenvalue weighted by Gasteiger charge is -2.02. The molecule has 2 aromatic heterocycles. The number of hydrogen-bond donors (Lipinski definition) is 0. The van der Waals surface area contributed by atoms with E-state index in [0.29, 0.717) is 0 Å². The molecule has 0 aliphatic rings. The molecule has 1 nitrogen and oxygen atoms in total. The summed E-state index contributed by atoms with van der Waals surface area (Å²) in [6, 6.07) is 8.22. The largest absolute Gasteiger partial charge is 0.465 e. The summed E-state index contributed by atoms with van der Waals surface area (Å²) in [5.74, 6) is 2.01. The zero-order valence-electron chi connectivity index (χ0n) is 8.17. The van der Waals surface area contributed by atoms with Crippen LogP contribution >= 0.6 is 43.2 Å². The van der Waals surface area contributed by atoms with Crippen molar-refractivity contribution in [1.82, 2.24) is 0 Å². The van der Waals surface area contributed by atoms with Crippen LogP contribution in [0, 0.1) is 0 Å². The molecule has 2 heterocycles. The fourth-order valence-electron chi connectivity index (χ4n) is 1.33. The minimum atomic E-state index is 0.161. The maximum Gasteiger partial charge on any atom is 0.123 e. The third kappa shape index (κ3) is 2.55. The Balaban J connectivity index is 2.23. The van der Waals surface area contributed by atoms with E-state index >= 15 is 0 Å². The topological polar surface area (TPSA) is 13.1 Å². The molecule has 1 atom stereocenters. The van der Waals surface area contributed by atoms with Gasteiger partial charge in [0.15, 0.2) is 0 Å². The van der Waals surface area contributed by atoms with Gasteiger partial charge in [-0.3, -0.25) is 0 Å². The summed E-state index contributed by atoms with van der Waals surface area (Å²) in [5, 5.41) is 0. The molecular formula is C11H10Br2OS. The van der Waals surface area contributed by atoms with Crippen LogP contribution in [-0.4, -0.2) is 0 Å². The summed E-state index contributed by atoms with van der Waals surface area (Å²) in [6.07, 6.45) is 0.938. The molecule has 0 amide bonds. The number of halogens is 2. The molecule has 0 spiro atoms. The Morgan fingerprint density at radius 3 is 2.67 bits per heavy atom. The van der Waals surface area contributed by atoms with Crippen molar-refractivity contribution < 1.29 is 4.42 Å². The van der Waals surface area contributed by atoms with Gasteiger partial charge >= 0.3 is 0 Å². The lowest BCUT2D eigenvalue weighted by atomic mass is 10.3. The molecule has 0 saturated heterocycles. The van der Waals surface area contributed by atoms with E-state index in [9.17, 15) is 0 Å². The van der Waals surface area contributed by atoms with E-state index in [1.54, 1.807) is 11.3 Å². The lowest BCUT2D eigenvalue weighted by Crippen LogP contribution is -1.85. The first-order chi connectivity index (χ1) is 7.20. The number of thiophene rings is 1. The SMILES string of the molecule is CCc1ccc(C(Br)c2ccc(Br)s2)o1. The summed E-state index contributed by atoms with van der Waals surface area (Å²) in [5.41, 5.74) is 0. The molecule has 4 heteroatoms. The molecule has 0 saturated carbocycles. The van der Waals surface area contributed by atoms with Crippen molar-refractivity contribution in [3.05, 3.63) is 44.4 Å². The summed E-state index contributed by atoms with van der Waals surface area (Å²) >= 11 is 8.82. The first kappa shape index (κ1) is 11.4. The van der Waals surface area contributed by atoms with E-state index in [2.05, 4.69) is 50.9 Å². The Labute approximate surface area is 110 Å². The zero-order chi connectivity index (χ0) is 10.8. The highest BCUT2D eigenvalue weighted by molar-refractivity contribution is 9.11. The van der Waals surface area contributed by atoms with Crippen molar-refractivity contribution in [3.63, 3.8) is 0 Å². The van der Waals surface area contributed by atoms with Crippen molar-refractivity contribution in [3.8, 4) is 0 Å². The average Bonchev–Trinajstić information content (AvgIpc) is 2.84. The Morgan fingerprint density at radius 2 is 2.13 bits per heavy atom. The van der Waals surface area contributed by atoms with Gasteiger partial charge in [0.25, 0.3) is 0 Å². The molecular weight excluding hydrogens is 340 g/mol. The second-order valence-corrected chi connectivity index (χ2v) is 6.57. The van der Waals surface area contributed by atoms with Crippen molar-refractivity contribution in [2.24, 2.45) is 0 Å². The quantitative estimate of drug-likeness (QED) is 0.698. The van der Waals surface area contributed by atoms with Gasteiger partial charge < -0.3 is 4.42 Å². The monoisotopic (exact) mass is 348 g/mol. The molecule has 1 unspecified atom stereocenters. The van der Waals surface area contributed by atoms with Gasteiger partial charge in [0, 0.05) is 11.3 Å². The van der Waals surface area contributed by atoms with Gasteiger partial charge in [-0.2, -0.15) is 0 Å². The molecule has 0 aliphatic heterocycles. The number of hydrogen-bond acceptors (Lipinski definition) is 2. The van der Waals surface area contributed by atoms with Crippen LogP contribution < -0.4 is 0 Å². The van der Waals surface area contributed by atoms with E-state index in [-0.39, 0.29) is 4.83 Å². The number of furan rings is 1. The summed E-state index contributed by atoms with van der Waals surface area (Å²) in [4.78, 5) is 1.41. The molecule has 0 fully saturated rings. The van der Waals surface area contributed by atoms with E-state index in [4.69, 9.17) is 4.42 Å². The van der Waals surface area contributed by atoms with Crippen LogP contribution in [0.2, 0.25) is 0 Å². The Kier molecular flexibility index (Phi) is 3.69. The molecule has 15 heavy (non-hydrogen) atoms. The highest BCUT2D eigenvalue weighted by Crippen LogP contribution is 2.37. The molecule has 2 aromatic rings. The third-order valence-electron chi connectivity index (χ3n) is 2.12. The van der Waals surface area contributed by atoms with Gasteiger partial charge in [-0.25, -0.2) is 0 Å². The number of rotatable bonds is 3. The Morgan fingerprint density at radius 1 is 1.33 bits per heavy atom. The predicted octanol–water partition coefficient (Wildman–Crippen LogP) is 5.15. The molecule has 0 radical (unpaired) electrons. The van der Waals surface area contributed by atoms with Crippen LogP contribution in [0.5, 0.6) is 0 Å². The standard InChI is InChI=1S/C11H10Br2OS/c1-2-7-3-4-8(14-7)11(13)9-5-6-10(12)15-9/h3-6,11H,2H2,1H3. The predicted molar refractivity (Wildman–Crippen MR) is 70.9 cm³/mol. The van der Waals surface area contributed by atoms with Crippen molar-refractivity contribution in [1.29, 1.82) is 0 Å². The van der Waals surface area contributed by atoms with Gasteiger partial charge in [0.05, 0.1) is 3.79 Å². The number of aryl methyl sites for hydroxylation is 1. The molecule has 80 valence electrons. The van der Waals surface area contributed by atoms with Gasteiger partial charge in [0.2, 0.25) is 0 Å². The third-order valence-corrected chi connectivity index (χ3v) is 5.06. The normalized spacial score (nSPS) is 13.0. The highest BCUT2D eigenvalue weighted by Gasteiger charge is 2.16. The van der Waals surface area contributed by atoms with Gasteiger partial charge in [-0.1, -0.05) is 22.9 Å². The van der Waals surface area contributed by atoms with Gasteiger partial charge in [-0.15, -0.1) is 11.3 Å². The first-order valence-corrected chi connectivity index (χ1v) is 7.21. The summed E-state index contributed by atoms with van der Waals surface area (Å²) in [7, 11) is 0. The van der Waals surface area contributed by atoms with E-state index in [1.165, 1.54) is 4.88 Å². The Hall–Kier alpha value is -0.0600. The van der Waals surface area contributed by atoms with Gasteiger partial charge in [0.1, 0.15) is 16.3 Å². The summed E-state index contributed by atoms with van der Waals surface area (Å²) in [6.45, 7) is 2.09. The minimum Gasteiger partial charge on any atom is -0.465 e. The van der Waals surface area contributed by atoms with Crippen molar-refractivity contribution in [2.45, 2.75) is 18.2 Å². The van der Waals surface area contributed by atoms with Crippen LogP contribution in [0.25, 0.3) is 0 Å². The minimum absolute atomic E-state index is 0.161. The highest BCUT2D eigenvalue weighted by atomic mass is 79.9. The fraction of sp³-hybridized carbons (Fsp3) is 0.273. The lowest BCUT2D eigenvalue weighted by molar-refractivity contribution is 0.478. The van der Waals surface area contributed by atoms with Crippen molar-refractivity contribution >= 4 is 43.2 Å². The first-order valence-electron chi connectivity index (χ1n) is 4.68. The molecule has 0 bridgehead atoms. The van der Waals surface area contributed by atoms with E-state index in [1.807, 2.05) is 12.1 Å². The van der Waals surface area contributed by atoms with Gasteiger partial charge in [-0.05, 0) is 40.2 Å². The maximum atomic E-state index is 5.70.